The van der Waals surface area contributed by atoms with Crippen molar-refractivity contribution in [1.82, 2.24) is 0 Å². The summed E-state index contributed by atoms with van der Waals surface area (Å²) in [5.41, 5.74) is -0.669. The second kappa shape index (κ2) is 5.79. The van der Waals surface area contributed by atoms with Crippen molar-refractivity contribution in [1.29, 1.82) is 5.26 Å². The third-order valence-corrected chi connectivity index (χ3v) is 3.28. The van der Waals surface area contributed by atoms with Gasteiger partial charge in [-0.3, -0.25) is 4.79 Å². The normalized spacial score (nSPS) is 15.8. The number of hydrogen-bond acceptors (Lipinski definition) is 3. The molecule has 100 valence electrons. The van der Waals surface area contributed by atoms with Gasteiger partial charge in [-0.2, -0.15) is 5.26 Å². The van der Waals surface area contributed by atoms with Crippen LogP contribution in [0, 0.1) is 28.9 Å². The SMILES string of the molecule is N#Cc1c(F)cc(OC(=O)C2CCCCC2)cc1F. The molecule has 0 spiro atoms. The molecule has 3 nitrogen and oxygen atoms in total. The molecular formula is C14H13F2NO2. The van der Waals surface area contributed by atoms with E-state index in [2.05, 4.69) is 0 Å². The molecule has 1 aliphatic rings. The standard InChI is InChI=1S/C14H13F2NO2/c15-12-6-10(7-13(16)11(12)8-17)19-14(18)9-4-2-1-3-5-9/h6-7,9H,1-5H2. The molecule has 0 radical (unpaired) electrons. The van der Waals surface area contributed by atoms with E-state index in [9.17, 15) is 13.6 Å². The number of nitriles is 1. The zero-order valence-corrected chi connectivity index (χ0v) is 10.3. The van der Waals surface area contributed by atoms with E-state index in [1.165, 1.54) is 6.07 Å². The van der Waals surface area contributed by atoms with Crippen molar-refractivity contribution in [2.75, 3.05) is 0 Å². The molecule has 1 aromatic rings. The molecule has 0 atom stereocenters. The fourth-order valence-corrected chi connectivity index (χ4v) is 2.25. The van der Waals surface area contributed by atoms with Crippen LogP contribution in [0.4, 0.5) is 8.78 Å². The van der Waals surface area contributed by atoms with Crippen LogP contribution < -0.4 is 4.74 Å². The van der Waals surface area contributed by atoms with E-state index in [0.29, 0.717) is 0 Å². The molecule has 0 amide bonds. The van der Waals surface area contributed by atoms with Crippen LogP contribution >= 0.6 is 0 Å². The quantitative estimate of drug-likeness (QED) is 0.608. The molecule has 5 heteroatoms. The Morgan fingerprint density at radius 3 is 2.32 bits per heavy atom. The summed E-state index contributed by atoms with van der Waals surface area (Å²) in [6.07, 6.45) is 4.54. The maximum Gasteiger partial charge on any atom is 0.314 e. The van der Waals surface area contributed by atoms with Crippen LogP contribution in [0.15, 0.2) is 12.1 Å². The van der Waals surface area contributed by atoms with Crippen molar-refractivity contribution < 1.29 is 18.3 Å². The molecule has 0 aliphatic heterocycles. The lowest BCUT2D eigenvalue weighted by atomic mass is 9.89. The number of hydrogen-bond donors (Lipinski definition) is 0. The first-order chi connectivity index (χ1) is 9.11. The third-order valence-electron chi connectivity index (χ3n) is 3.28. The summed E-state index contributed by atoms with van der Waals surface area (Å²) in [5.74, 6) is -2.88. The predicted octanol–water partition coefficient (Wildman–Crippen LogP) is 3.32. The molecule has 1 aliphatic carbocycles. The van der Waals surface area contributed by atoms with Crippen LogP contribution in [0.25, 0.3) is 0 Å². The van der Waals surface area contributed by atoms with E-state index in [1.807, 2.05) is 0 Å². The maximum absolute atomic E-state index is 13.4. The Kier molecular flexibility index (Phi) is 4.10. The monoisotopic (exact) mass is 265 g/mol. The number of halogens is 2. The lowest BCUT2D eigenvalue weighted by Gasteiger charge is -2.19. The highest BCUT2D eigenvalue weighted by atomic mass is 19.1. The van der Waals surface area contributed by atoms with Gasteiger partial charge in [0.05, 0.1) is 5.92 Å². The summed E-state index contributed by atoms with van der Waals surface area (Å²) >= 11 is 0. The summed E-state index contributed by atoms with van der Waals surface area (Å²) in [5, 5.41) is 8.54. The molecular weight excluding hydrogens is 252 g/mol. The first kappa shape index (κ1) is 13.5. The third kappa shape index (κ3) is 3.08. The molecule has 0 heterocycles. The summed E-state index contributed by atoms with van der Waals surface area (Å²) in [4.78, 5) is 11.8. The molecule has 1 saturated carbocycles. The summed E-state index contributed by atoms with van der Waals surface area (Å²) < 4.78 is 31.7. The van der Waals surface area contributed by atoms with Gasteiger partial charge in [0.15, 0.2) is 0 Å². The van der Waals surface area contributed by atoms with Gasteiger partial charge in [-0.05, 0) is 12.8 Å². The largest absolute Gasteiger partial charge is 0.426 e. The fourth-order valence-electron chi connectivity index (χ4n) is 2.25. The van der Waals surface area contributed by atoms with E-state index >= 15 is 0 Å². The molecule has 0 unspecified atom stereocenters. The van der Waals surface area contributed by atoms with Crippen molar-refractivity contribution in [3.63, 3.8) is 0 Å². The molecule has 19 heavy (non-hydrogen) atoms. The lowest BCUT2D eigenvalue weighted by Crippen LogP contribution is -2.22. The van der Waals surface area contributed by atoms with Crippen molar-refractivity contribution in [3.05, 3.63) is 29.3 Å². The van der Waals surface area contributed by atoms with Crippen LogP contribution in [0.5, 0.6) is 5.75 Å². The zero-order chi connectivity index (χ0) is 13.8. The molecule has 0 bridgehead atoms. The van der Waals surface area contributed by atoms with Gasteiger partial charge >= 0.3 is 5.97 Å². The number of ether oxygens (including phenoxy) is 1. The number of nitrogens with zero attached hydrogens (tertiary/aromatic N) is 1. The number of benzene rings is 1. The molecule has 0 saturated heterocycles. The fraction of sp³-hybridized carbons (Fsp3) is 0.429. The minimum absolute atomic E-state index is 0.190. The number of esters is 1. The second-order valence-corrected chi connectivity index (χ2v) is 4.63. The molecule has 1 aromatic carbocycles. The van der Waals surface area contributed by atoms with Gasteiger partial charge in [0.2, 0.25) is 0 Å². The highest BCUT2D eigenvalue weighted by molar-refractivity contribution is 5.75. The van der Waals surface area contributed by atoms with Crippen LogP contribution in [0.1, 0.15) is 37.7 Å². The number of rotatable bonds is 2. The Balaban J connectivity index is 2.11. The Morgan fingerprint density at radius 2 is 1.79 bits per heavy atom. The van der Waals surface area contributed by atoms with E-state index in [-0.39, 0.29) is 11.7 Å². The van der Waals surface area contributed by atoms with Gasteiger partial charge in [0.25, 0.3) is 0 Å². The average molecular weight is 265 g/mol. The van der Waals surface area contributed by atoms with Gasteiger partial charge in [-0.1, -0.05) is 19.3 Å². The lowest BCUT2D eigenvalue weighted by molar-refractivity contribution is -0.140. The smallest absolute Gasteiger partial charge is 0.314 e. The van der Waals surface area contributed by atoms with Crippen LogP contribution in [0.2, 0.25) is 0 Å². The number of carbonyl (C=O) groups excluding carboxylic acids is 1. The first-order valence-corrected chi connectivity index (χ1v) is 6.22. The van der Waals surface area contributed by atoms with Crippen molar-refractivity contribution >= 4 is 5.97 Å². The minimum atomic E-state index is -1.02. The van der Waals surface area contributed by atoms with E-state index in [4.69, 9.17) is 10.00 Å². The maximum atomic E-state index is 13.4. The van der Waals surface area contributed by atoms with Crippen LogP contribution in [-0.4, -0.2) is 5.97 Å². The highest BCUT2D eigenvalue weighted by Gasteiger charge is 2.23. The van der Waals surface area contributed by atoms with Gasteiger partial charge in [0.1, 0.15) is 29.0 Å². The molecule has 2 rings (SSSR count). The molecule has 0 aromatic heterocycles. The van der Waals surface area contributed by atoms with E-state index < -0.39 is 23.2 Å². The first-order valence-electron chi connectivity index (χ1n) is 6.22. The topological polar surface area (TPSA) is 50.1 Å². The summed E-state index contributed by atoms with van der Waals surface area (Å²) in [6, 6.07) is 3.14. The van der Waals surface area contributed by atoms with Crippen LogP contribution in [-0.2, 0) is 4.79 Å². The van der Waals surface area contributed by atoms with Crippen molar-refractivity contribution in [3.8, 4) is 11.8 Å². The van der Waals surface area contributed by atoms with E-state index in [0.717, 1.165) is 44.2 Å². The van der Waals surface area contributed by atoms with Crippen LogP contribution in [0.3, 0.4) is 0 Å². The van der Waals surface area contributed by atoms with E-state index in [1.54, 1.807) is 0 Å². The molecule has 1 fully saturated rings. The van der Waals surface area contributed by atoms with Gasteiger partial charge in [-0.25, -0.2) is 8.78 Å². The zero-order valence-electron chi connectivity index (χ0n) is 10.3. The Labute approximate surface area is 109 Å². The van der Waals surface area contributed by atoms with Crippen molar-refractivity contribution in [2.24, 2.45) is 5.92 Å². The number of carbonyl (C=O) groups is 1. The summed E-state index contributed by atoms with van der Waals surface area (Å²) in [7, 11) is 0. The molecule has 0 N–H and O–H groups in total. The average Bonchev–Trinajstić information content (AvgIpc) is 2.39. The minimum Gasteiger partial charge on any atom is -0.426 e. The summed E-state index contributed by atoms with van der Waals surface area (Å²) in [6.45, 7) is 0. The van der Waals surface area contributed by atoms with Crippen molar-refractivity contribution in [2.45, 2.75) is 32.1 Å². The Morgan fingerprint density at radius 1 is 1.21 bits per heavy atom. The Hall–Kier alpha value is -1.96. The predicted molar refractivity (Wildman–Crippen MR) is 63.3 cm³/mol. The Bertz CT molecular complexity index is 508. The second-order valence-electron chi connectivity index (χ2n) is 4.63. The van der Waals surface area contributed by atoms with Gasteiger partial charge in [-0.15, -0.1) is 0 Å². The van der Waals surface area contributed by atoms with Gasteiger partial charge in [0, 0.05) is 12.1 Å². The van der Waals surface area contributed by atoms with Gasteiger partial charge < -0.3 is 4.74 Å². The highest BCUT2D eigenvalue weighted by Crippen LogP contribution is 2.26.